The molecule has 3 aromatic carbocycles. The number of anilines is 3. The highest BCUT2D eigenvalue weighted by Gasteiger charge is 2.29. The number of fused-ring (bicyclic) bond motifs is 4. The average molecular weight is 429 g/mol. The number of ether oxygens (including phenoxy) is 1. The van der Waals surface area contributed by atoms with Crippen molar-refractivity contribution >= 4 is 50.8 Å². The van der Waals surface area contributed by atoms with Crippen molar-refractivity contribution in [2.24, 2.45) is 0 Å². The van der Waals surface area contributed by atoms with E-state index < -0.39 is 0 Å². The van der Waals surface area contributed by atoms with Gasteiger partial charge in [-0.15, -0.1) is 0 Å². The molecule has 2 N–H and O–H groups in total. The van der Waals surface area contributed by atoms with Crippen molar-refractivity contribution in [3.63, 3.8) is 0 Å². The first kappa shape index (κ1) is 19.9. The predicted octanol–water partition coefficient (Wildman–Crippen LogP) is 4.77. The van der Waals surface area contributed by atoms with Gasteiger partial charge in [-0.2, -0.15) is 0 Å². The van der Waals surface area contributed by atoms with Crippen molar-refractivity contribution in [1.82, 2.24) is 0 Å². The van der Waals surface area contributed by atoms with Gasteiger partial charge in [0.05, 0.1) is 30.7 Å². The highest BCUT2D eigenvalue weighted by Crippen LogP contribution is 2.36. The van der Waals surface area contributed by atoms with Crippen LogP contribution in [0.1, 0.15) is 13.3 Å². The Morgan fingerprint density at radius 2 is 1.91 bits per heavy atom. The first-order valence-corrected chi connectivity index (χ1v) is 10.5. The van der Waals surface area contributed by atoms with E-state index in [1.54, 1.807) is 18.1 Å². The molecule has 32 heavy (non-hydrogen) atoms. The van der Waals surface area contributed by atoms with Gasteiger partial charge in [-0.1, -0.05) is 30.3 Å². The summed E-state index contributed by atoms with van der Waals surface area (Å²) in [6, 6.07) is 18.7. The number of para-hydroxylation sites is 3. The minimum atomic E-state index is -0.271. The van der Waals surface area contributed by atoms with Crippen LogP contribution >= 0.6 is 0 Å². The number of nitrogens with zero attached hydrogens (tertiary/aromatic N) is 1. The molecule has 1 aliphatic heterocycles. The Morgan fingerprint density at radius 3 is 2.75 bits per heavy atom. The molecule has 0 aliphatic carbocycles. The molecular weight excluding hydrogens is 406 g/mol. The smallest absolute Gasteiger partial charge is 0.246 e. The highest BCUT2D eigenvalue weighted by molar-refractivity contribution is 6.08. The molecule has 0 radical (unpaired) electrons. The molecule has 0 saturated carbocycles. The Labute approximate surface area is 184 Å². The van der Waals surface area contributed by atoms with Crippen LogP contribution in [-0.4, -0.2) is 31.5 Å². The van der Waals surface area contributed by atoms with Gasteiger partial charge >= 0.3 is 0 Å². The van der Waals surface area contributed by atoms with Gasteiger partial charge in [-0.25, -0.2) is 0 Å². The molecule has 1 unspecified atom stereocenters. The van der Waals surface area contributed by atoms with E-state index in [-0.39, 0.29) is 30.8 Å². The predicted molar refractivity (Wildman–Crippen MR) is 125 cm³/mol. The number of furan rings is 1. The van der Waals surface area contributed by atoms with Crippen LogP contribution in [0.3, 0.4) is 0 Å². The molecule has 0 fully saturated rings. The van der Waals surface area contributed by atoms with E-state index in [4.69, 9.17) is 9.15 Å². The van der Waals surface area contributed by atoms with Crippen LogP contribution in [0, 0.1) is 0 Å². The summed E-state index contributed by atoms with van der Waals surface area (Å²) in [5, 5.41) is 8.04. The Balaban J connectivity index is 1.44. The average Bonchev–Trinajstić information content (AvgIpc) is 3.08. The van der Waals surface area contributed by atoms with Crippen LogP contribution in [0.15, 0.2) is 65.1 Å². The summed E-state index contributed by atoms with van der Waals surface area (Å²) >= 11 is 0. The Bertz CT molecular complexity index is 1340. The van der Waals surface area contributed by atoms with Gasteiger partial charge in [0.2, 0.25) is 11.8 Å². The van der Waals surface area contributed by atoms with Gasteiger partial charge < -0.3 is 24.7 Å². The molecule has 1 aromatic heterocycles. The standard InChI is InChI=1S/C25H23N3O4/c1-15-11-24(29)27-18-8-4-5-9-20(18)28(15)25(30)14-26-19-13-22-17(12-23(19)31-2)16-7-3-6-10-21(16)32-22/h3-10,12-13,15,26H,11,14H2,1-2H3,(H,27,29). The number of carbonyl (C=O) groups excluding carboxylic acids is 2. The second-order valence-electron chi connectivity index (χ2n) is 7.88. The molecule has 4 aromatic rings. The summed E-state index contributed by atoms with van der Waals surface area (Å²) in [6.45, 7) is 1.91. The summed E-state index contributed by atoms with van der Waals surface area (Å²) in [4.78, 5) is 27.1. The van der Waals surface area contributed by atoms with Gasteiger partial charge in [-0.05, 0) is 31.2 Å². The summed E-state index contributed by atoms with van der Waals surface area (Å²) in [7, 11) is 1.60. The summed E-state index contributed by atoms with van der Waals surface area (Å²) in [6.07, 6.45) is 0.231. The molecule has 5 rings (SSSR count). The maximum atomic E-state index is 13.3. The lowest BCUT2D eigenvalue weighted by atomic mass is 10.1. The second-order valence-corrected chi connectivity index (χ2v) is 7.88. The lowest BCUT2D eigenvalue weighted by Gasteiger charge is -2.28. The number of nitrogens with one attached hydrogen (secondary N) is 2. The molecular formula is C25H23N3O4. The Hall–Kier alpha value is -4.00. The zero-order chi connectivity index (χ0) is 22.2. The SMILES string of the molecule is COc1cc2c(cc1NCC(=O)N1c3ccccc3NC(=O)CC1C)oc1ccccc12. The molecule has 2 heterocycles. The number of hydrogen-bond acceptors (Lipinski definition) is 5. The quantitative estimate of drug-likeness (QED) is 0.488. The van der Waals surface area contributed by atoms with Crippen molar-refractivity contribution in [3.05, 3.63) is 60.7 Å². The summed E-state index contributed by atoms with van der Waals surface area (Å²) in [5.74, 6) is 0.372. The first-order valence-electron chi connectivity index (χ1n) is 10.5. The van der Waals surface area contributed by atoms with Gasteiger partial charge in [0, 0.05) is 29.3 Å². The highest BCUT2D eigenvalue weighted by atomic mass is 16.5. The molecule has 0 spiro atoms. The van der Waals surface area contributed by atoms with Crippen molar-refractivity contribution in [2.45, 2.75) is 19.4 Å². The van der Waals surface area contributed by atoms with E-state index in [1.807, 2.05) is 61.5 Å². The van der Waals surface area contributed by atoms with E-state index >= 15 is 0 Å². The molecule has 7 heteroatoms. The monoisotopic (exact) mass is 429 g/mol. The molecule has 0 saturated heterocycles. The maximum Gasteiger partial charge on any atom is 0.246 e. The van der Waals surface area contributed by atoms with E-state index in [1.165, 1.54) is 0 Å². The number of hydrogen-bond donors (Lipinski definition) is 2. The van der Waals surface area contributed by atoms with E-state index in [2.05, 4.69) is 10.6 Å². The second kappa shape index (κ2) is 7.92. The third-order valence-electron chi connectivity index (χ3n) is 5.76. The third-order valence-corrected chi connectivity index (χ3v) is 5.76. The van der Waals surface area contributed by atoms with Crippen LogP contribution in [0.5, 0.6) is 5.75 Å². The third kappa shape index (κ3) is 3.41. The minimum absolute atomic E-state index is 0.0367. The molecule has 1 aliphatic rings. The van der Waals surface area contributed by atoms with Crippen molar-refractivity contribution < 1.29 is 18.7 Å². The van der Waals surface area contributed by atoms with E-state index in [0.29, 0.717) is 28.4 Å². The molecule has 162 valence electrons. The van der Waals surface area contributed by atoms with Crippen molar-refractivity contribution in [3.8, 4) is 5.75 Å². The summed E-state index contributed by atoms with van der Waals surface area (Å²) < 4.78 is 11.5. The molecule has 0 bridgehead atoms. The van der Waals surface area contributed by atoms with Crippen LogP contribution in [0.25, 0.3) is 21.9 Å². The fraction of sp³-hybridized carbons (Fsp3) is 0.200. The normalized spacial score (nSPS) is 15.9. The fourth-order valence-electron chi connectivity index (χ4n) is 4.28. The molecule has 1 atom stereocenters. The molecule has 7 nitrogen and oxygen atoms in total. The van der Waals surface area contributed by atoms with Crippen LogP contribution in [0.2, 0.25) is 0 Å². The van der Waals surface area contributed by atoms with Gasteiger partial charge in [0.25, 0.3) is 0 Å². The summed E-state index contributed by atoms with van der Waals surface area (Å²) in [5.41, 5.74) is 3.50. The van der Waals surface area contributed by atoms with Gasteiger partial charge in [0.1, 0.15) is 16.9 Å². The van der Waals surface area contributed by atoms with Crippen LogP contribution in [-0.2, 0) is 9.59 Å². The van der Waals surface area contributed by atoms with Gasteiger partial charge in [0.15, 0.2) is 0 Å². The van der Waals surface area contributed by atoms with Gasteiger partial charge in [-0.3, -0.25) is 9.59 Å². The molecule has 2 amide bonds. The van der Waals surface area contributed by atoms with E-state index in [9.17, 15) is 9.59 Å². The maximum absolute atomic E-state index is 13.3. The number of amides is 2. The minimum Gasteiger partial charge on any atom is -0.495 e. The zero-order valence-corrected chi connectivity index (χ0v) is 17.8. The topological polar surface area (TPSA) is 83.8 Å². The lowest BCUT2D eigenvalue weighted by Crippen LogP contribution is -2.42. The zero-order valence-electron chi connectivity index (χ0n) is 17.8. The number of benzene rings is 3. The first-order chi connectivity index (χ1) is 15.5. The lowest BCUT2D eigenvalue weighted by molar-refractivity contribution is -0.118. The fourth-order valence-corrected chi connectivity index (χ4v) is 4.28. The van der Waals surface area contributed by atoms with Crippen molar-refractivity contribution in [2.75, 3.05) is 29.2 Å². The number of carbonyl (C=O) groups is 2. The van der Waals surface area contributed by atoms with E-state index in [0.717, 1.165) is 16.4 Å². The number of rotatable bonds is 4. The van der Waals surface area contributed by atoms with Crippen LogP contribution in [0.4, 0.5) is 17.1 Å². The Kier molecular flexibility index (Phi) is 4.93. The largest absolute Gasteiger partial charge is 0.495 e. The van der Waals surface area contributed by atoms with Crippen molar-refractivity contribution in [1.29, 1.82) is 0 Å². The van der Waals surface area contributed by atoms with Crippen LogP contribution < -0.4 is 20.3 Å². The number of methoxy groups -OCH3 is 1. The Morgan fingerprint density at radius 1 is 1.12 bits per heavy atom.